The molecule has 0 aromatic heterocycles. The average molecular weight is 198 g/mol. The quantitative estimate of drug-likeness (QED) is 0.752. The van der Waals surface area contributed by atoms with Crippen LogP contribution in [0.25, 0.3) is 0 Å². The van der Waals surface area contributed by atoms with Gasteiger partial charge in [-0.15, -0.1) is 0 Å². The monoisotopic (exact) mass is 198 g/mol. The molecule has 1 rings (SSSR count). The molecule has 0 aliphatic carbocycles. The zero-order chi connectivity index (χ0) is 10.6. The van der Waals surface area contributed by atoms with Crippen LogP contribution in [0.4, 0.5) is 0 Å². The van der Waals surface area contributed by atoms with E-state index in [1.54, 1.807) is 0 Å². The lowest BCUT2D eigenvalue weighted by molar-refractivity contribution is 0.134. The van der Waals surface area contributed by atoms with Crippen LogP contribution in [0.1, 0.15) is 40.0 Å². The second kappa shape index (κ2) is 5.13. The van der Waals surface area contributed by atoms with Crippen LogP contribution in [0, 0.1) is 11.3 Å². The van der Waals surface area contributed by atoms with Crippen LogP contribution < -0.4 is 5.73 Å². The number of nitrogens with two attached hydrogens (primary N) is 1. The first-order valence-corrected chi connectivity index (χ1v) is 5.94. The molecule has 2 heteroatoms. The topological polar surface area (TPSA) is 29.3 Å². The highest BCUT2D eigenvalue weighted by Gasteiger charge is 2.22. The highest BCUT2D eigenvalue weighted by atomic mass is 15.1. The minimum Gasteiger partial charge on any atom is -0.330 e. The Labute approximate surface area is 88.8 Å². The van der Waals surface area contributed by atoms with Gasteiger partial charge in [0.1, 0.15) is 0 Å². The largest absolute Gasteiger partial charge is 0.330 e. The summed E-state index contributed by atoms with van der Waals surface area (Å²) in [6.45, 7) is 11.6. The first-order chi connectivity index (χ1) is 6.51. The van der Waals surface area contributed by atoms with Gasteiger partial charge in [0.05, 0.1) is 0 Å². The van der Waals surface area contributed by atoms with Crippen molar-refractivity contribution >= 4 is 0 Å². The Bertz CT molecular complexity index is 152. The zero-order valence-electron chi connectivity index (χ0n) is 10.1. The summed E-state index contributed by atoms with van der Waals surface area (Å²) in [6.07, 6.45) is 3.93. The third kappa shape index (κ3) is 4.43. The molecule has 1 heterocycles. The molecule has 0 aromatic rings. The Kier molecular flexibility index (Phi) is 4.39. The van der Waals surface area contributed by atoms with Gasteiger partial charge in [-0.1, -0.05) is 20.8 Å². The first kappa shape index (κ1) is 12.0. The Hall–Kier alpha value is -0.0800. The minimum absolute atomic E-state index is 0.445. The van der Waals surface area contributed by atoms with Gasteiger partial charge in [-0.2, -0.15) is 0 Å². The molecule has 84 valence electrons. The molecule has 0 atom stereocenters. The van der Waals surface area contributed by atoms with Gasteiger partial charge in [0.15, 0.2) is 0 Å². The SMILES string of the molecule is CC(C)(C)CN1CCC(CCN)CC1. The fourth-order valence-corrected chi connectivity index (χ4v) is 2.34. The summed E-state index contributed by atoms with van der Waals surface area (Å²) in [5, 5.41) is 0. The smallest absolute Gasteiger partial charge is 0.00300 e. The summed E-state index contributed by atoms with van der Waals surface area (Å²) < 4.78 is 0. The molecular weight excluding hydrogens is 172 g/mol. The maximum atomic E-state index is 5.58. The molecule has 0 unspecified atom stereocenters. The fraction of sp³-hybridized carbons (Fsp3) is 1.00. The Balaban J connectivity index is 2.22. The molecule has 0 bridgehead atoms. The van der Waals surface area contributed by atoms with Gasteiger partial charge in [-0.3, -0.25) is 0 Å². The standard InChI is InChI=1S/C12H26N2/c1-12(2,3)10-14-8-5-11(4-7-13)6-9-14/h11H,4-10,13H2,1-3H3. The van der Waals surface area contributed by atoms with E-state index in [-0.39, 0.29) is 0 Å². The lowest BCUT2D eigenvalue weighted by Crippen LogP contribution is -2.39. The van der Waals surface area contributed by atoms with Gasteiger partial charge in [0.25, 0.3) is 0 Å². The van der Waals surface area contributed by atoms with Gasteiger partial charge in [-0.25, -0.2) is 0 Å². The van der Waals surface area contributed by atoms with Gasteiger partial charge in [0, 0.05) is 6.54 Å². The summed E-state index contributed by atoms with van der Waals surface area (Å²) in [5.41, 5.74) is 6.03. The number of piperidine rings is 1. The van der Waals surface area contributed by atoms with E-state index in [4.69, 9.17) is 5.73 Å². The fourth-order valence-electron chi connectivity index (χ4n) is 2.34. The Morgan fingerprint density at radius 1 is 1.21 bits per heavy atom. The van der Waals surface area contributed by atoms with Crippen LogP contribution >= 0.6 is 0 Å². The van der Waals surface area contributed by atoms with Crippen molar-refractivity contribution in [3.05, 3.63) is 0 Å². The third-order valence-electron chi connectivity index (χ3n) is 2.98. The average Bonchev–Trinajstić information content (AvgIpc) is 2.06. The first-order valence-electron chi connectivity index (χ1n) is 5.94. The lowest BCUT2D eigenvalue weighted by Gasteiger charge is -2.35. The molecule has 1 aliphatic heterocycles. The van der Waals surface area contributed by atoms with Gasteiger partial charge >= 0.3 is 0 Å². The third-order valence-corrected chi connectivity index (χ3v) is 2.98. The Morgan fingerprint density at radius 3 is 2.21 bits per heavy atom. The van der Waals surface area contributed by atoms with E-state index >= 15 is 0 Å². The van der Waals surface area contributed by atoms with Crippen LogP contribution in [0.3, 0.4) is 0 Å². The van der Waals surface area contributed by atoms with Gasteiger partial charge in [-0.05, 0) is 50.2 Å². The highest BCUT2D eigenvalue weighted by Crippen LogP contribution is 2.23. The summed E-state index contributed by atoms with van der Waals surface area (Å²) in [4.78, 5) is 2.60. The van der Waals surface area contributed by atoms with E-state index < -0.39 is 0 Å². The summed E-state index contributed by atoms with van der Waals surface area (Å²) >= 11 is 0. The molecule has 0 saturated carbocycles. The maximum absolute atomic E-state index is 5.58. The van der Waals surface area contributed by atoms with Crippen LogP contribution in [-0.4, -0.2) is 31.1 Å². The van der Waals surface area contributed by atoms with Gasteiger partial charge in [0.2, 0.25) is 0 Å². The van der Waals surface area contributed by atoms with Crippen LogP contribution in [0.15, 0.2) is 0 Å². The summed E-state index contributed by atoms with van der Waals surface area (Å²) in [6, 6.07) is 0. The van der Waals surface area contributed by atoms with E-state index in [9.17, 15) is 0 Å². The molecule has 1 aliphatic rings. The molecule has 1 saturated heterocycles. The molecule has 0 radical (unpaired) electrons. The molecular formula is C12H26N2. The van der Waals surface area contributed by atoms with Crippen molar-refractivity contribution in [2.75, 3.05) is 26.2 Å². The van der Waals surface area contributed by atoms with Crippen molar-refractivity contribution in [1.82, 2.24) is 4.90 Å². The summed E-state index contributed by atoms with van der Waals surface area (Å²) in [5.74, 6) is 0.899. The van der Waals surface area contributed by atoms with E-state index in [0.717, 1.165) is 12.5 Å². The maximum Gasteiger partial charge on any atom is 0.00300 e. The molecule has 2 nitrogen and oxygen atoms in total. The number of hydrogen-bond donors (Lipinski definition) is 1. The second-order valence-electron chi connectivity index (χ2n) is 5.86. The van der Waals surface area contributed by atoms with Crippen molar-refractivity contribution in [1.29, 1.82) is 0 Å². The number of hydrogen-bond acceptors (Lipinski definition) is 2. The predicted molar refractivity (Wildman–Crippen MR) is 62.3 cm³/mol. The Morgan fingerprint density at radius 2 is 1.79 bits per heavy atom. The van der Waals surface area contributed by atoms with Gasteiger partial charge < -0.3 is 10.6 Å². The van der Waals surface area contributed by atoms with Crippen molar-refractivity contribution in [2.45, 2.75) is 40.0 Å². The van der Waals surface area contributed by atoms with Crippen LogP contribution in [-0.2, 0) is 0 Å². The molecule has 0 aromatic carbocycles. The molecule has 14 heavy (non-hydrogen) atoms. The van der Waals surface area contributed by atoms with Crippen molar-refractivity contribution in [3.8, 4) is 0 Å². The molecule has 2 N–H and O–H groups in total. The van der Waals surface area contributed by atoms with Crippen molar-refractivity contribution < 1.29 is 0 Å². The van der Waals surface area contributed by atoms with E-state index in [2.05, 4.69) is 25.7 Å². The van der Waals surface area contributed by atoms with E-state index in [0.29, 0.717) is 5.41 Å². The normalized spacial score (nSPS) is 21.4. The van der Waals surface area contributed by atoms with E-state index in [1.807, 2.05) is 0 Å². The molecule has 0 amide bonds. The summed E-state index contributed by atoms with van der Waals surface area (Å²) in [7, 11) is 0. The molecule has 1 fully saturated rings. The predicted octanol–water partition coefficient (Wildman–Crippen LogP) is 2.09. The number of likely N-dealkylation sites (tertiary alicyclic amines) is 1. The van der Waals surface area contributed by atoms with E-state index in [1.165, 1.54) is 38.9 Å². The number of rotatable bonds is 3. The van der Waals surface area contributed by atoms with Crippen LogP contribution in [0.2, 0.25) is 0 Å². The zero-order valence-corrected chi connectivity index (χ0v) is 10.1. The minimum atomic E-state index is 0.445. The van der Waals surface area contributed by atoms with Crippen molar-refractivity contribution in [3.63, 3.8) is 0 Å². The second-order valence-corrected chi connectivity index (χ2v) is 5.86. The van der Waals surface area contributed by atoms with Crippen molar-refractivity contribution in [2.24, 2.45) is 17.1 Å². The lowest BCUT2D eigenvalue weighted by atomic mass is 9.90. The molecule has 0 spiro atoms. The highest BCUT2D eigenvalue weighted by molar-refractivity contribution is 4.76. The number of nitrogens with zero attached hydrogens (tertiary/aromatic N) is 1. The van der Waals surface area contributed by atoms with Crippen LogP contribution in [0.5, 0.6) is 0 Å².